The van der Waals surface area contributed by atoms with Crippen LogP contribution in [0.4, 0.5) is 0 Å². The van der Waals surface area contributed by atoms with Crippen molar-refractivity contribution >= 4 is 6.29 Å². The summed E-state index contributed by atoms with van der Waals surface area (Å²) in [6.45, 7) is 2.92. The van der Waals surface area contributed by atoms with Gasteiger partial charge in [-0.1, -0.05) is 37.3 Å². The van der Waals surface area contributed by atoms with Gasteiger partial charge in [0.1, 0.15) is 5.69 Å². The predicted octanol–water partition coefficient (Wildman–Crippen LogP) is 2.50. The average Bonchev–Trinajstić information content (AvgIpc) is 2.77. The molecule has 0 radical (unpaired) electrons. The largest absolute Gasteiger partial charge is 0.328 e. The van der Waals surface area contributed by atoms with E-state index in [1.807, 2.05) is 22.8 Å². The van der Waals surface area contributed by atoms with E-state index < -0.39 is 0 Å². The van der Waals surface area contributed by atoms with E-state index >= 15 is 0 Å². The number of imidazole rings is 1. The number of nitrogens with zero attached hydrogens (tertiary/aromatic N) is 2. The van der Waals surface area contributed by atoms with Gasteiger partial charge >= 0.3 is 0 Å². The van der Waals surface area contributed by atoms with Gasteiger partial charge in [0.2, 0.25) is 0 Å². The minimum Gasteiger partial charge on any atom is -0.328 e. The summed E-state index contributed by atoms with van der Waals surface area (Å²) in [6.07, 6.45) is 4.12. The van der Waals surface area contributed by atoms with Gasteiger partial charge in [-0.15, -0.1) is 0 Å². The molecule has 82 valence electrons. The van der Waals surface area contributed by atoms with E-state index in [0.717, 1.165) is 12.8 Å². The minimum atomic E-state index is 0.370. The summed E-state index contributed by atoms with van der Waals surface area (Å²) in [7, 11) is 0. The van der Waals surface area contributed by atoms with Crippen molar-refractivity contribution in [3.8, 4) is 0 Å². The van der Waals surface area contributed by atoms with Gasteiger partial charge in [0.05, 0.1) is 12.5 Å². The summed E-state index contributed by atoms with van der Waals surface area (Å²) in [6, 6.07) is 10.3. The van der Waals surface area contributed by atoms with E-state index in [1.54, 1.807) is 12.5 Å². The summed E-state index contributed by atoms with van der Waals surface area (Å²) in [5.41, 5.74) is 1.90. The summed E-state index contributed by atoms with van der Waals surface area (Å²) >= 11 is 0. The molecule has 1 aromatic carbocycles. The maximum Gasteiger partial charge on any atom is 0.168 e. The molecule has 1 aromatic heterocycles. The normalized spacial score (nSPS) is 12.3. The Hall–Kier alpha value is -1.90. The highest BCUT2D eigenvalue weighted by Gasteiger charge is 2.08. The third-order valence-corrected chi connectivity index (χ3v) is 2.70. The molecule has 1 atom stereocenters. The second-order valence-corrected chi connectivity index (χ2v) is 3.90. The van der Waals surface area contributed by atoms with Gasteiger partial charge in [-0.3, -0.25) is 4.79 Å². The number of benzene rings is 1. The molecule has 0 spiro atoms. The van der Waals surface area contributed by atoms with Crippen LogP contribution in [0.15, 0.2) is 42.9 Å². The quantitative estimate of drug-likeness (QED) is 0.733. The van der Waals surface area contributed by atoms with Crippen LogP contribution in [0, 0.1) is 0 Å². The molecule has 2 aromatic rings. The van der Waals surface area contributed by atoms with Crippen LogP contribution in [0.1, 0.15) is 28.9 Å². The number of hydrogen-bond donors (Lipinski definition) is 0. The number of carbonyl (C=O) groups excluding carboxylic acids is 1. The van der Waals surface area contributed by atoms with E-state index in [1.165, 1.54) is 5.56 Å². The third-order valence-electron chi connectivity index (χ3n) is 2.70. The third kappa shape index (κ3) is 2.19. The lowest BCUT2D eigenvalue weighted by Crippen LogP contribution is -2.07. The molecule has 0 saturated heterocycles. The van der Waals surface area contributed by atoms with Crippen molar-refractivity contribution in [2.24, 2.45) is 0 Å². The fourth-order valence-electron chi connectivity index (χ4n) is 1.76. The van der Waals surface area contributed by atoms with Crippen LogP contribution in [-0.2, 0) is 6.54 Å². The van der Waals surface area contributed by atoms with Crippen molar-refractivity contribution in [1.29, 1.82) is 0 Å². The fourth-order valence-corrected chi connectivity index (χ4v) is 1.76. The molecule has 2 rings (SSSR count). The molecular formula is C13H14N2O. The van der Waals surface area contributed by atoms with Crippen molar-refractivity contribution in [2.75, 3.05) is 0 Å². The van der Waals surface area contributed by atoms with Crippen LogP contribution < -0.4 is 0 Å². The topological polar surface area (TPSA) is 34.9 Å². The van der Waals surface area contributed by atoms with Crippen molar-refractivity contribution < 1.29 is 4.79 Å². The Morgan fingerprint density at radius 1 is 1.38 bits per heavy atom. The molecule has 0 N–H and O–H groups in total. The Morgan fingerprint density at radius 2 is 2.12 bits per heavy atom. The molecule has 0 aliphatic carbocycles. The van der Waals surface area contributed by atoms with Crippen LogP contribution in [0.3, 0.4) is 0 Å². The van der Waals surface area contributed by atoms with Gasteiger partial charge in [0, 0.05) is 6.54 Å². The van der Waals surface area contributed by atoms with Gasteiger partial charge in [-0.25, -0.2) is 4.98 Å². The summed E-state index contributed by atoms with van der Waals surface area (Å²) in [4.78, 5) is 14.7. The molecule has 0 aliphatic rings. The second kappa shape index (κ2) is 4.75. The van der Waals surface area contributed by atoms with Gasteiger partial charge in [-0.05, 0) is 11.5 Å². The number of aromatic nitrogens is 2. The first-order chi connectivity index (χ1) is 7.81. The molecule has 0 bridgehead atoms. The first-order valence-corrected chi connectivity index (χ1v) is 5.31. The zero-order valence-electron chi connectivity index (χ0n) is 9.21. The molecule has 1 unspecified atom stereocenters. The summed E-state index contributed by atoms with van der Waals surface area (Å²) in [5, 5.41) is 0. The molecule has 1 heterocycles. The summed E-state index contributed by atoms with van der Waals surface area (Å²) < 4.78 is 1.88. The van der Waals surface area contributed by atoms with Crippen LogP contribution in [-0.4, -0.2) is 15.8 Å². The molecule has 0 amide bonds. The molecule has 16 heavy (non-hydrogen) atoms. The number of hydrogen-bond acceptors (Lipinski definition) is 2. The molecule has 3 nitrogen and oxygen atoms in total. The van der Waals surface area contributed by atoms with Crippen LogP contribution in [0.5, 0.6) is 0 Å². The van der Waals surface area contributed by atoms with Crippen molar-refractivity contribution in [3.63, 3.8) is 0 Å². The van der Waals surface area contributed by atoms with Gasteiger partial charge in [-0.2, -0.15) is 0 Å². The van der Waals surface area contributed by atoms with Crippen molar-refractivity contribution in [1.82, 2.24) is 9.55 Å². The van der Waals surface area contributed by atoms with Gasteiger partial charge < -0.3 is 4.57 Å². The fraction of sp³-hybridized carbons (Fsp3) is 0.231. The smallest absolute Gasteiger partial charge is 0.168 e. The minimum absolute atomic E-state index is 0.370. The highest BCUT2D eigenvalue weighted by atomic mass is 16.1. The van der Waals surface area contributed by atoms with E-state index in [-0.39, 0.29) is 0 Å². The molecular weight excluding hydrogens is 200 g/mol. The number of carbonyl (C=O) groups is 1. The molecule has 3 heteroatoms. The van der Waals surface area contributed by atoms with Gasteiger partial charge in [0.25, 0.3) is 0 Å². The highest BCUT2D eigenvalue weighted by Crippen LogP contribution is 2.17. The Bertz CT molecular complexity index is 462. The SMILES string of the molecule is CC(Cn1cncc1C=O)c1ccccc1. The van der Waals surface area contributed by atoms with Crippen LogP contribution in [0.25, 0.3) is 0 Å². The van der Waals surface area contributed by atoms with E-state index in [9.17, 15) is 4.79 Å². The van der Waals surface area contributed by atoms with E-state index in [0.29, 0.717) is 11.6 Å². The van der Waals surface area contributed by atoms with E-state index in [4.69, 9.17) is 0 Å². The predicted molar refractivity (Wildman–Crippen MR) is 62.5 cm³/mol. The van der Waals surface area contributed by atoms with Crippen molar-refractivity contribution in [2.45, 2.75) is 19.4 Å². The second-order valence-electron chi connectivity index (χ2n) is 3.90. The zero-order valence-corrected chi connectivity index (χ0v) is 9.21. The standard InChI is InChI=1S/C13H14N2O/c1-11(12-5-3-2-4-6-12)8-15-10-14-7-13(15)9-16/h2-7,9-11H,8H2,1H3. The maximum absolute atomic E-state index is 10.7. The first kappa shape index (κ1) is 10.6. The Kier molecular flexibility index (Phi) is 3.15. The maximum atomic E-state index is 10.7. The Labute approximate surface area is 94.7 Å². The van der Waals surface area contributed by atoms with Crippen molar-refractivity contribution in [3.05, 3.63) is 54.1 Å². The van der Waals surface area contributed by atoms with Crippen LogP contribution >= 0.6 is 0 Å². The average molecular weight is 214 g/mol. The molecule has 0 saturated carbocycles. The lowest BCUT2D eigenvalue weighted by molar-refractivity contribution is 0.111. The number of aldehydes is 1. The number of rotatable bonds is 4. The lowest BCUT2D eigenvalue weighted by atomic mass is 10.0. The Morgan fingerprint density at radius 3 is 2.81 bits per heavy atom. The molecule has 0 fully saturated rings. The van der Waals surface area contributed by atoms with Crippen LogP contribution in [0.2, 0.25) is 0 Å². The van der Waals surface area contributed by atoms with Gasteiger partial charge in [0.15, 0.2) is 6.29 Å². The molecule has 0 aliphatic heterocycles. The van der Waals surface area contributed by atoms with E-state index in [2.05, 4.69) is 24.0 Å². The highest BCUT2D eigenvalue weighted by molar-refractivity contribution is 5.71. The monoisotopic (exact) mass is 214 g/mol. The first-order valence-electron chi connectivity index (χ1n) is 5.31. The zero-order chi connectivity index (χ0) is 11.4. The summed E-state index contributed by atoms with van der Waals surface area (Å²) in [5.74, 6) is 0.370. The Balaban J connectivity index is 2.14. The lowest BCUT2D eigenvalue weighted by Gasteiger charge is -2.13.